The molecule has 0 fully saturated rings. The van der Waals surface area contributed by atoms with E-state index < -0.39 is 0 Å². The predicted molar refractivity (Wildman–Crippen MR) is 145 cm³/mol. The molecule has 1 atom stereocenters. The van der Waals surface area contributed by atoms with Crippen LogP contribution < -0.4 is 0 Å². The normalized spacial score (nSPS) is 13.3. The summed E-state index contributed by atoms with van der Waals surface area (Å²) in [6.45, 7) is 14.5. The molecule has 31 heavy (non-hydrogen) atoms. The van der Waals surface area contributed by atoms with Gasteiger partial charge in [-0.15, -0.1) is 0 Å². The van der Waals surface area contributed by atoms with E-state index in [0.717, 1.165) is 11.8 Å². The van der Waals surface area contributed by atoms with Crippen LogP contribution in [0.2, 0.25) is 0 Å². The van der Waals surface area contributed by atoms with E-state index in [-0.39, 0.29) is 0 Å². The Labute approximate surface area is 200 Å². The van der Waals surface area contributed by atoms with Crippen LogP contribution in [-0.2, 0) is 0 Å². The van der Waals surface area contributed by atoms with Crippen LogP contribution in [0.15, 0.2) is 0 Å². The molecule has 0 amide bonds. The Bertz CT molecular complexity index is 320. The van der Waals surface area contributed by atoms with Gasteiger partial charge in [-0.25, -0.2) is 0 Å². The molecule has 0 heterocycles. The van der Waals surface area contributed by atoms with Gasteiger partial charge in [0.1, 0.15) is 0 Å². The first kappa shape index (κ1) is 31.0. The highest BCUT2D eigenvalue weighted by Crippen LogP contribution is 2.38. The molecule has 0 aliphatic rings. The zero-order valence-electron chi connectivity index (χ0n) is 23.2. The second-order valence-corrected chi connectivity index (χ2v) is 11.8. The first-order valence-corrected chi connectivity index (χ1v) is 15.0. The summed E-state index contributed by atoms with van der Waals surface area (Å²) in [5.74, 6) is 1.91. The highest BCUT2D eigenvalue weighted by Gasteiger charge is 2.26. The monoisotopic (exact) mass is 437 g/mol. The topological polar surface area (TPSA) is 0 Å². The largest absolute Gasteiger partial charge is 0.0654 e. The van der Waals surface area contributed by atoms with E-state index in [4.69, 9.17) is 0 Å². The van der Waals surface area contributed by atoms with E-state index in [1.54, 1.807) is 0 Å². The van der Waals surface area contributed by atoms with Crippen molar-refractivity contribution in [1.29, 1.82) is 0 Å². The Morgan fingerprint density at radius 1 is 0.419 bits per heavy atom. The molecule has 0 aliphatic carbocycles. The lowest BCUT2D eigenvalue weighted by Crippen LogP contribution is -2.23. The van der Waals surface area contributed by atoms with Crippen molar-refractivity contribution in [3.63, 3.8) is 0 Å². The van der Waals surface area contributed by atoms with E-state index in [1.165, 1.54) is 141 Å². The fourth-order valence-electron chi connectivity index (χ4n) is 5.28. The first-order valence-electron chi connectivity index (χ1n) is 15.0. The zero-order chi connectivity index (χ0) is 23.2. The molecule has 0 heteroatoms. The van der Waals surface area contributed by atoms with Crippen LogP contribution in [0.3, 0.4) is 0 Å². The van der Waals surface area contributed by atoms with Crippen molar-refractivity contribution in [3.05, 3.63) is 0 Å². The van der Waals surface area contributed by atoms with Crippen molar-refractivity contribution in [1.82, 2.24) is 0 Å². The smallest absolute Gasteiger partial charge is 0.0354 e. The second-order valence-electron chi connectivity index (χ2n) is 11.8. The van der Waals surface area contributed by atoms with Gasteiger partial charge < -0.3 is 0 Å². The van der Waals surface area contributed by atoms with E-state index in [0.29, 0.717) is 5.41 Å². The quantitative estimate of drug-likeness (QED) is 0.140. The number of hydrogen-bond donors (Lipinski definition) is 0. The third kappa shape index (κ3) is 20.3. The Kier molecular flexibility index (Phi) is 21.8. The minimum Gasteiger partial charge on any atom is -0.0654 e. The molecular weight excluding hydrogens is 372 g/mol. The lowest BCUT2D eigenvalue weighted by molar-refractivity contribution is 0.167. The van der Waals surface area contributed by atoms with E-state index >= 15 is 0 Å². The Morgan fingerprint density at radius 2 is 0.742 bits per heavy atom. The highest BCUT2D eigenvalue weighted by molar-refractivity contribution is 4.77. The fourth-order valence-corrected chi connectivity index (χ4v) is 5.28. The maximum atomic E-state index is 2.52. The molecule has 1 unspecified atom stereocenters. The van der Waals surface area contributed by atoms with Crippen molar-refractivity contribution in [2.45, 2.75) is 183 Å². The summed E-state index contributed by atoms with van der Waals surface area (Å²) in [6, 6.07) is 0. The average Bonchev–Trinajstić information content (AvgIpc) is 2.73. The molecule has 0 saturated carbocycles. The van der Waals surface area contributed by atoms with Gasteiger partial charge in [-0.1, -0.05) is 170 Å². The second kappa shape index (κ2) is 21.8. The molecule has 0 N–H and O–H groups in total. The Balaban J connectivity index is 4.50. The summed E-state index contributed by atoms with van der Waals surface area (Å²) >= 11 is 0. The lowest BCUT2D eigenvalue weighted by atomic mass is 9.71. The van der Waals surface area contributed by atoms with Crippen molar-refractivity contribution < 1.29 is 0 Å². The summed E-state index contributed by atoms with van der Waals surface area (Å²) in [4.78, 5) is 0. The van der Waals surface area contributed by atoms with Crippen LogP contribution in [0.1, 0.15) is 183 Å². The van der Waals surface area contributed by atoms with Crippen molar-refractivity contribution in [3.8, 4) is 0 Å². The maximum absolute atomic E-state index is 2.52. The molecule has 0 spiro atoms. The minimum absolute atomic E-state index is 0.476. The SMILES string of the molecule is CCCCCCCCC(CCCCCCCC)CC(CCCCCCCC)C(C)(C)C. The van der Waals surface area contributed by atoms with Crippen molar-refractivity contribution in [2.75, 3.05) is 0 Å². The van der Waals surface area contributed by atoms with Crippen LogP contribution >= 0.6 is 0 Å². The number of rotatable bonds is 23. The predicted octanol–water partition coefficient (Wildman–Crippen LogP) is 11.9. The van der Waals surface area contributed by atoms with E-state index in [9.17, 15) is 0 Å². The highest BCUT2D eigenvalue weighted by atomic mass is 14.3. The average molecular weight is 437 g/mol. The summed E-state index contributed by atoms with van der Waals surface area (Å²) in [7, 11) is 0. The van der Waals surface area contributed by atoms with E-state index in [1.807, 2.05) is 0 Å². The third-order valence-electron chi connectivity index (χ3n) is 7.68. The van der Waals surface area contributed by atoms with Crippen molar-refractivity contribution >= 4 is 0 Å². The van der Waals surface area contributed by atoms with Crippen molar-refractivity contribution in [2.24, 2.45) is 17.3 Å². The summed E-state index contributed by atoms with van der Waals surface area (Å²) < 4.78 is 0. The summed E-state index contributed by atoms with van der Waals surface area (Å²) in [5, 5.41) is 0. The molecular formula is C31H64. The molecule has 0 aliphatic heterocycles. The van der Waals surface area contributed by atoms with Gasteiger partial charge in [0.15, 0.2) is 0 Å². The summed E-state index contributed by atoms with van der Waals surface area (Å²) in [5.41, 5.74) is 0.476. The maximum Gasteiger partial charge on any atom is -0.0354 e. The molecule has 0 radical (unpaired) electrons. The lowest BCUT2D eigenvalue weighted by Gasteiger charge is -2.34. The minimum atomic E-state index is 0.476. The summed E-state index contributed by atoms with van der Waals surface area (Å²) in [6.07, 6.45) is 32.0. The molecule has 0 saturated heterocycles. The van der Waals surface area contributed by atoms with E-state index in [2.05, 4.69) is 41.5 Å². The first-order chi connectivity index (χ1) is 15.0. The van der Waals surface area contributed by atoms with Gasteiger partial charge >= 0.3 is 0 Å². The standard InChI is InChI=1S/C31H64/c1-7-10-13-16-19-22-25-29(26-23-20-17-14-11-8-2)28-30(31(4,5)6)27-24-21-18-15-12-9-3/h29-30H,7-28H2,1-6H3. The molecule has 0 aromatic rings. The Hall–Kier alpha value is 0. The van der Waals surface area contributed by atoms with Gasteiger partial charge in [0.05, 0.1) is 0 Å². The van der Waals surface area contributed by atoms with Crippen LogP contribution in [-0.4, -0.2) is 0 Å². The zero-order valence-corrected chi connectivity index (χ0v) is 23.2. The molecule has 0 aromatic carbocycles. The molecule has 0 rings (SSSR count). The van der Waals surface area contributed by atoms with Crippen LogP contribution in [0.5, 0.6) is 0 Å². The molecule has 188 valence electrons. The van der Waals surface area contributed by atoms with Crippen LogP contribution in [0.25, 0.3) is 0 Å². The third-order valence-corrected chi connectivity index (χ3v) is 7.68. The molecule has 0 aromatic heterocycles. The fraction of sp³-hybridized carbons (Fsp3) is 1.00. The van der Waals surface area contributed by atoms with Gasteiger partial charge in [0, 0.05) is 0 Å². The van der Waals surface area contributed by atoms with Gasteiger partial charge in [0.2, 0.25) is 0 Å². The molecule has 0 bridgehead atoms. The molecule has 0 nitrogen and oxygen atoms in total. The van der Waals surface area contributed by atoms with Gasteiger partial charge in [-0.05, 0) is 30.1 Å². The van der Waals surface area contributed by atoms with Crippen LogP contribution in [0, 0.1) is 17.3 Å². The van der Waals surface area contributed by atoms with Gasteiger partial charge in [0.25, 0.3) is 0 Å². The number of hydrogen-bond acceptors (Lipinski definition) is 0. The van der Waals surface area contributed by atoms with Crippen LogP contribution in [0.4, 0.5) is 0 Å². The van der Waals surface area contributed by atoms with Gasteiger partial charge in [-0.2, -0.15) is 0 Å². The number of unbranched alkanes of at least 4 members (excludes halogenated alkanes) is 15. The van der Waals surface area contributed by atoms with Gasteiger partial charge in [-0.3, -0.25) is 0 Å². The Morgan fingerprint density at radius 3 is 1.10 bits per heavy atom.